The summed E-state index contributed by atoms with van der Waals surface area (Å²) in [6.45, 7) is 13.4. The van der Waals surface area contributed by atoms with Crippen molar-refractivity contribution < 1.29 is 9.47 Å². The lowest BCUT2D eigenvalue weighted by Crippen LogP contribution is -2.43. The van der Waals surface area contributed by atoms with Crippen LogP contribution in [0.3, 0.4) is 0 Å². The van der Waals surface area contributed by atoms with Crippen LogP contribution < -0.4 is 43.7 Å². The summed E-state index contributed by atoms with van der Waals surface area (Å²) in [4.78, 5) is 4.62. The second-order valence-electron chi connectivity index (χ2n) is 19.5. The smallest absolute Gasteiger partial charge is 0.0762 e. The average molecular weight is 800 g/mol. The molecule has 5 rings (SSSR count). The Morgan fingerprint density at radius 1 is 0.860 bits per heavy atom. The molecular formula is C44H85N11O2. The van der Waals surface area contributed by atoms with Gasteiger partial charge in [0.05, 0.1) is 25.4 Å². The molecule has 0 spiro atoms. The molecule has 1 aliphatic heterocycles. The van der Waals surface area contributed by atoms with Crippen molar-refractivity contribution in [1.82, 2.24) is 47.0 Å². The molecule has 1 heterocycles. The van der Waals surface area contributed by atoms with Crippen molar-refractivity contribution >= 4 is 0 Å². The largest absolute Gasteiger partial charge is 0.378 e. The van der Waals surface area contributed by atoms with Crippen LogP contribution in [-0.4, -0.2) is 166 Å². The molecule has 10 N–H and O–H groups in total. The second-order valence-corrected chi connectivity index (χ2v) is 19.5. The predicted octanol–water partition coefficient (Wildman–Crippen LogP) is 1.52. The quantitative estimate of drug-likeness (QED) is 0.0599. The van der Waals surface area contributed by atoms with Gasteiger partial charge in [0.25, 0.3) is 0 Å². The van der Waals surface area contributed by atoms with Gasteiger partial charge in [0, 0.05) is 82.9 Å². The summed E-state index contributed by atoms with van der Waals surface area (Å²) in [5, 5.41) is 16.0. The fourth-order valence-corrected chi connectivity index (χ4v) is 10.0. The van der Waals surface area contributed by atoms with E-state index in [2.05, 4.69) is 106 Å². The van der Waals surface area contributed by atoms with E-state index in [1.807, 2.05) is 14.1 Å². The number of rotatable bonds is 26. The van der Waals surface area contributed by atoms with Crippen LogP contribution in [0.2, 0.25) is 0 Å². The Morgan fingerprint density at radius 3 is 2.35 bits per heavy atom. The van der Waals surface area contributed by atoms with Crippen LogP contribution in [0.4, 0.5) is 0 Å². The van der Waals surface area contributed by atoms with Gasteiger partial charge in [-0.15, -0.1) is 0 Å². The zero-order chi connectivity index (χ0) is 40.8. The molecule has 5 aliphatic rings. The van der Waals surface area contributed by atoms with Gasteiger partial charge in [0.1, 0.15) is 0 Å². The van der Waals surface area contributed by atoms with E-state index in [-0.39, 0.29) is 24.3 Å². The number of ether oxygens (including phenoxy) is 2. The molecule has 1 saturated carbocycles. The summed E-state index contributed by atoms with van der Waals surface area (Å²) in [6, 6.07) is 0.653. The first-order valence-electron chi connectivity index (χ1n) is 22.5. The molecule has 13 heteroatoms. The van der Waals surface area contributed by atoms with Gasteiger partial charge in [0.2, 0.25) is 0 Å². The third-order valence-electron chi connectivity index (χ3n) is 12.9. The van der Waals surface area contributed by atoms with Gasteiger partial charge >= 0.3 is 0 Å². The number of nitrogens with one attached hydrogen (secondary N) is 6. The van der Waals surface area contributed by atoms with Crippen LogP contribution in [0.1, 0.15) is 58.3 Å². The standard InChI is InChI=1S/C44H85N11O2/c1-44(19-38(44)27-53(4)5)18-34-12-37(26-55-29-41(51-52-55)28-54(6)7)17-42(14-34)56-30-32-9-8-10-33(11-32)31-57-43-15-35(20-49-24-39(45)22-47-2)13-36(16-43)21-50-25-40(46)23-48-3/h8,10,12,15,32-33,36-43,47-52H,9,11,13-14,16-31,45-46H2,1-7H3/t32-,33+,36-,37+,38+,39?,40+,41+,42-,43+,44?/m0/s1. The van der Waals surface area contributed by atoms with E-state index < -0.39 is 0 Å². The summed E-state index contributed by atoms with van der Waals surface area (Å²) in [6.07, 6.45) is 19.2. The molecule has 0 amide bonds. The first-order valence-corrected chi connectivity index (χ1v) is 22.5. The maximum Gasteiger partial charge on any atom is 0.0762 e. The lowest BCUT2D eigenvalue weighted by atomic mass is 9.82. The number of nitrogens with zero attached hydrogens (tertiary/aromatic N) is 3. The SMILES string of the molecule is CNCC(N)CNCC1=C[C@@H](OC[C@@H]2C=CC[C@H](CO[C@H]3CC(CC4(C)C[C@@H]4CN(C)C)=C[C@@H](CN4C[C@@H](CN(C)C)NN4)C3)C2)C[C@@H](CNC[C@H](N)CNC)C1. The monoisotopic (exact) mass is 800 g/mol. The molecule has 1 saturated heterocycles. The molecule has 11 atom stereocenters. The van der Waals surface area contributed by atoms with Crippen molar-refractivity contribution in [2.24, 2.45) is 46.5 Å². The van der Waals surface area contributed by atoms with Gasteiger partial charge in [-0.1, -0.05) is 42.4 Å². The Labute approximate surface area is 347 Å². The third-order valence-corrected chi connectivity index (χ3v) is 12.9. The topological polar surface area (TPSA) is 152 Å². The van der Waals surface area contributed by atoms with Gasteiger partial charge in [-0.2, -0.15) is 5.53 Å². The van der Waals surface area contributed by atoms with Gasteiger partial charge in [0.15, 0.2) is 0 Å². The summed E-state index contributed by atoms with van der Waals surface area (Å²) in [5.41, 5.74) is 23.0. The van der Waals surface area contributed by atoms with Gasteiger partial charge in [-0.25, -0.2) is 10.4 Å². The van der Waals surface area contributed by atoms with E-state index in [0.717, 1.165) is 117 Å². The number of nitrogens with two attached hydrogens (primary N) is 2. The Kier molecular flexibility index (Phi) is 19.4. The van der Waals surface area contributed by atoms with E-state index in [9.17, 15) is 0 Å². The Morgan fingerprint density at radius 2 is 1.61 bits per heavy atom. The maximum absolute atomic E-state index is 6.92. The molecule has 4 aliphatic carbocycles. The van der Waals surface area contributed by atoms with E-state index in [4.69, 9.17) is 20.9 Å². The number of hydrazine groups is 2. The van der Waals surface area contributed by atoms with E-state index >= 15 is 0 Å². The molecule has 2 unspecified atom stereocenters. The fraction of sp³-hybridized carbons (Fsp3) is 0.864. The average Bonchev–Trinajstić information content (AvgIpc) is 3.54. The minimum atomic E-state index is 0.100. The summed E-state index contributed by atoms with van der Waals surface area (Å²) in [5.74, 6) is 2.75. The van der Waals surface area contributed by atoms with Crippen LogP contribution in [0, 0.1) is 35.0 Å². The lowest BCUT2D eigenvalue weighted by Gasteiger charge is -2.34. The molecule has 0 bridgehead atoms. The van der Waals surface area contributed by atoms with Gasteiger partial charge in [-0.05, 0) is 129 Å². The molecule has 0 aromatic heterocycles. The van der Waals surface area contributed by atoms with E-state index in [1.54, 1.807) is 5.57 Å². The van der Waals surface area contributed by atoms with Gasteiger partial charge < -0.3 is 52.0 Å². The first-order chi connectivity index (χ1) is 27.4. The second kappa shape index (κ2) is 23.6. The van der Waals surface area contributed by atoms with Crippen LogP contribution in [0.15, 0.2) is 35.5 Å². The van der Waals surface area contributed by atoms with Crippen LogP contribution in [0.5, 0.6) is 0 Å². The van der Waals surface area contributed by atoms with Crippen molar-refractivity contribution in [2.75, 3.05) is 121 Å². The highest BCUT2D eigenvalue weighted by molar-refractivity contribution is 5.18. The normalized spacial score (nSPS) is 33.2. The van der Waals surface area contributed by atoms with E-state index in [1.165, 1.54) is 25.0 Å². The Hall–Kier alpha value is -1.30. The number of likely N-dealkylation sites (N-methyl/N-ethyl adjacent to an activating group) is 3. The predicted molar refractivity (Wildman–Crippen MR) is 236 cm³/mol. The highest BCUT2D eigenvalue weighted by Crippen LogP contribution is 2.57. The van der Waals surface area contributed by atoms with E-state index in [0.29, 0.717) is 35.1 Å². The molecule has 2 fully saturated rings. The highest BCUT2D eigenvalue weighted by atomic mass is 16.5. The van der Waals surface area contributed by atoms with Crippen LogP contribution in [0.25, 0.3) is 0 Å². The Balaban J connectivity index is 1.11. The van der Waals surface area contributed by atoms with Crippen LogP contribution in [-0.2, 0) is 9.47 Å². The molecule has 0 radical (unpaired) electrons. The fourth-order valence-electron chi connectivity index (χ4n) is 10.0. The lowest BCUT2D eigenvalue weighted by molar-refractivity contribution is -0.00173. The zero-order valence-corrected chi connectivity index (χ0v) is 37.0. The third kappa shape index (κ3) is 16.6. The highest BCUT2D eigenvalue weighted by Gasteiger charge is 2.50. The summed E-state index contributed by atoms with van der Waals surface area (Å²) in [7, 11) is 12.6. The zero-order valence-electron chi connectivity index (χ0n) is 37.0. The van der Waals surface area contributed by atoms with Crippen molar-refractivity contribution in [3.05, 3.63) is 35.5 Å². The minimum Gasteiger partial charge on any atom is -0.378 e. The maximum atomic E-state index is 6.92. The number of hydrogen-bond donors (Lipinski definition) is 8. The van der Waals surface area contributed by atoms with Crippen molar-refractivity contribution in [3.8, 4) is 0 Å². The van der Waals surface area contributed by atoms with Crippen LogP contribution >= 0.6 is 0 Å². The molecule has 328 valence electrons. The molecule has 13 nitrogen and oxygen atoms in total. The summed E-state index contributed by atoms with van der Waals surface area (Å²) < 4.78 is 13.7. The van der Waals surface area contributed by atoms with Crippen molar-refractivity contribution in [2.45, 2.75) is 88.6 Å². The number of hydrogen-bond acceptors (Lipinski definition) is 13. The first kappa shape index (κ1) is 46.8. The Bertz CT molecular complexity index is 1260. The number of allylic oxidation sites excluding steroid dienone is 1. The molecule has 57 heavy (non-hydrogen) atoms. The molecule has 0 aromatic carbocycles. The molecule has 0 aromatic rings. The van der Waals surface area contributed by atoms with Gasteiger partial charge in [-0.3, -0.25) is 0 Å². The van der Waals surface area contributed by atoms with Crippen molar-refractivity contribution in [1.29, 1.82) is 0 Å². The summed E-state index contributed by atoms with van der Waals surface area (Å²) >= 11 is 0. The van der Waals surface area contributed by atoms with Crippen molar-refractivity contribution in [3.63, 3.8) is 0 Å². The molecular weight excluding hydrogens is 715 g/mol. The minimum absolute atomic E-state index is 0.100.